The first kappa shape index (κ1) is 12.2. The summed E-state index contributed by atoms with van der Waals surface area (Å²) in [6, 6.07) is 5.04. The maximum atomic E-state index is 11.3. The number of halogens is 2. The normalized spacial score (nSPS) is 9.80. The van der Waals surface area contributed by atoms with Crippen LogP contribution in [0.25, 0.3) is 0 Å². The lowest BCUT2D eigenvalue weighted by Gasteiger charge is -2.06. The molecule has 0 aliphatic heterocycles. The Balaban J connectivity index is 2.76. The molecule has 15 heavy (non-hydrogen) atoms. The minimum absolute atomic E-state index is 0.126. The Morgan fingerprint density at radius 1 is 1.47 bits per heavy atom. The largest absolute Gasteiger partial charge is 0.325 e. The van der Waals surface area contributed by atoms with Crippen molar-refractivity contribution in [3.05, 3.63) is 27.7 Å². The van der Waals surface area contributed by atoms with E-state index in [1.54, 1.807) is 18.2 Å². The summed E-state index contributed by atoms with van der Waals surface area (Å²) >= 11 is 9.03. The third-order valence-corrected chi connectivity index (χ3v) is 2.54. The summed E-state index contributed by atoms with van der Waals surface area (Å²) in [4.78, 5) is 22.0. The van der Waals surface area contributed by atoms with Gasteiger partial charge < -0.3 is 5.32 Å². The molecule has 0 heterocycles. The van der Waals surface area contributed by atoms with E-state index in [1.807, 2.05) is 0 Å². The van der Waals surface area contributed by atoms with Crippen molar-refractivity contribution in [1.29, 1.82) is 0 Å². The molecule has 0 spiro atoms. The van der Waals surface area contributed by atoms with Crippen molar-refractivity contribution in [2.75, 3.05) is 5.32 Å². The number of nitrogens with one attached hydrogen (secondary N) is 1. The lowest BCUT2D eigenvalue weighted by atomic mass is 10.2. The number of benzene rings is 1. The molecule has 80 valence electrons. The van der Waals surface area contributed by atoms with Crippen LogP contribution in [0.5, 0.6) is 0 Å². The molecule has 0 atom stereocenters. The van der Waals surface area contributed by atoms with Gasteiger partial charge in [-0.05, 0) is 41.1 Å². The van der Waals surface area contributed by atoms with Gasteiger partial charge in [0.15, 0.2) is 0 Å². The average molecular weight is 291 g/mol. The van der Waals surface area contributed by atoms with Crippen molar-refractivity contribution in [2.45, 2.75) is 13.3 Å². The van der Waals surface area contributed by atoms with E-state index in [0.717, 1.165) is 4.47 Å². The molecule has 1 aromatic carbocycles. The van der Waals surface area contributed by atoms with Crippen LogP contribution in [0.15, 0.2) is 22.7 Å². The van der Waals surface area contributed by atoms with Gasteiger partial charge >= 0.3 is 0 Å². The Morgan fingerprint density at radius 3 is 2.73 bits per heavy atom. The number of hydrogen-bond donors (Lipinski definition) is 1. The predicted molar refractivity (Wildman–Crippen MR) is 63.1 cm³/mol. The Morgan fingerprint density at radius 2 is 2.13 bits per heavy atom. The van der Waals surface area contributed by atoms with Gasteiger partial charge in [0.1, 0.15) is 5.78 Å². The number of hydrogen-bond acceptors (Lipinski definition) is 2. The highest BCUT2D eigenvalue weighted by Crippen LogP contribution is 2.25. The fourth-order valence-corrected chi connectivity index (χ4v) is 1.53. The van der Waals surface area contributed by atoms with E-state index >= 15 is 0 Å². The van der Waals surface area contributed by atoms with Gasteiger partial charge in [-0.3, -0.25) is 9.59 Å². The molecule has 0 aromatic heterocycles. The van der Waals surface area contributed by atoms with Crippen LogP contribution in [0.4, 0.5) is 5.69 Å². The van der Waals surface area contributed by atoms with Crippen LogP contribution in [-0.2, 0) is 9.59 Å². The molecular formula is C10H9BrClNO2. The van der Waals surface area contributed by atoms with Crippen molar-refractivity contribution in [1.82, 2.24) is 0 Å². The second-order valence-corrected chi connectivity index (χ2v) is 4.34. The standard InChI is InChI=1S/C10H9BrClNO2/c1-6(14)4-10(15)13-9-5-7(12)2-3-8(9)11/h2-3,5H,4H2,1H3,(H,13,15). The number of carbonyl (C=O) groups is 2. The maximum absolute atomic E-state index is 11.3. The fourth-order valence-electron chi connectivity index (χ4n) is 1.01. The minimum Gasteiger partial charge on any atom is -0.325 e. The topological polar surface area (TPSA) is 46.2 Å². The second-order valence-electron chi connectivity index (χ2n) is 3.05. The van der Waals surface area contributed by atoms with E-state index in [9.17, 15) is 9.59 Å². The molecule has 0 aliphatic carbocycles. The van der Waals surface area contributed by atoms with Crippen molar-refractivity contribution in [3.63, 3.8) is 0 Å². The smallest absolute Gasteiger partial charge is 0.231 e. The molecule has 3 nitrogen and oxygen atoms in total. The highest BCUT2D eigenvalue weighted by molar-refractivity contribution is 9.10. The van der Waals surface area contributed by atoms with Gasteiger partial charge in [0.05, 0.1) is 12.1 Å². The van der Waals surface area contributed by atoms with E-state index in [-0.39, 0.29) is 18.1 Å². The molecule has 0 fully saturated rings. The molecule has 1 N–H and O–H groups in total. The predicted octanol–water partition coefficient (Wildman–Crippen LogP) is 3.02. The summed E-state index contributed by atoms with van der Waals surface area (Å²) in [7, 11) is 0. The van der Waals surface area contributed by atoms with Crippen LogP contribution < -0.4 is 5.32 Å². The van der Waals surface area contributed by atoms with Gasteiger partial charge in [-0.1, -0.05) is 11.6 Å². The summed E-state index contributed by atoms with van der Waals surface area (Å²) in [6.07, 6.45) is -0.126. The third kappa shape index (κ3) is 4.01. The van der Waals surface area contributed by atoms with Crippen LogP contribution >= 0.6 is 27.5 Å². The van der Waals surface area contributed by atoms with Gasteiger partial charge in [0, 0.05) is 9.50 Å². The van der Waals surface area contributed by atoms with Crippen molar-refractivity contribution >= 4 is 44.9 Å². The van der Waals surface area contributed by atoms with Gasteiger partial charge in [-0.15, -0.1) is 0 Å². The number of rotatable bonds is 3. The molecule has 1 aromatic rings. The highest BCUT2D eigenvalue weighted by atomic mass is 79.9. The molecule has 0 aliphatic rings. The van der Waals surface area contributed by atoms with Crippen molar-refractivity contribution in [3.8, 4) is 0 Å². The summed E-state index contributed by atoms with van der Waals surface area (Å²) in [5.41, 5.74) is 0.564. The quantitative estimate of drug-likeness (QED) is 0.870. The maximum Gasteiger partial charge on any atom is 0.231 e. The van der Waals surface area contributed by atoms with E-state index in [2.05, 4.69) is 21.2 Å². The molecule has 0 unspecified atom stereocenters. The number of Topliss-reactive ketones (excluding diaryl/α,β-unsaturated/α-hetero) is 1. The fraction of sp³-hybridized carbons (Fsp3) is 0.200. The first-order valence-corrected chi connectivity index (χ1v) is 5.40. The van der Waals surface area contributed by atoms with Gasteiger partial charge in [-0.2, -0.15) is 0 Å². The van der Waals surface area contributed by atoms with E-state index in [1.165, 1.54) is 6.92 Å². The van der Waals surface area contributed by atoms with Crippen LogP contribution in [0.3, 0.4) is 0 Å². The lowest BCUT2D eigenvalue weighted by Crippen LogP contribution is -2.14. The first-order valence-electron chi connectivity index (χ1n) is 4.23. The number of carbonyl (C=O) groups excluding carboxylic acids is 2. The number of ketones is 1. The average Bonchev–Trinajstić information content (AvgIpc) is 2.10. The van der Waals surface area contributed by atoms with Crippen LogP contribution in [-0.4, -0.2) is 11.7 Å². The van der Waals surface area contributed by atoms with Crippen molar-refractivity contribution < 1.29 is 9.59 Å². The Hall–Kier alpha value is -0.870. The van der Waals surface area contributed by atoms with Gasteiger partial charge in [-0.25, -0.2) is 0 Å². The second kappa shape index (κ2) is 5.28. The molecule has 1 rings (SSSR count). The molecule has 5 heteroatoms. The highest BCUT2D eigenvalue weighted by Gasteiger charge is 2.08. The number of anilines is 1. The Labute approximate surface area is 101 Å². The van der Waals surface area contributed by atoms with Crippen LogP contribution in [0.2, 0.25) is 5.02 Å². The zero-order valence-corrected chi connectivity index (χ0v) is 10.4. The Bertz CT molecular complexity index is 406. The van der Waals surface area contributed by atoms with Crippen molar-refractivity contribution in [2.24, 2.45) is 0 Å². The third-order valence-electron chi connectivity index (χ3n) is 1.61. The SMILES string of the molecule is CC(=O)CC(=O)Nc1cc(Cl)ccc1Br. The van der Waals surface area contributed by atoms with Crippen LogP contribution in [0, 0.1) is 0 Å². The molecule has 0 radical (unpaired) electrons. The first-order chi connectivity index (χ1) is 6.99. The minimum atomic E-state index is -0.342. The summed E-state index contributed by atoms with van der Waals surface area (Å²) in [6.45, 7) is 1.37. The molecule has 0 saturated carbocycles. The van der Waals surface area contributed by atoms with Gasteiger partial charge in [0.2, 0.25) is 5.91 Å². The summed E-state index contributed by atoms with van der Waals surface area (Å²) in [5.74, 6) is -0.517. The van der Waals surface area contributed by atoms with E-state index < -0.39 is 0 Å². The zero-order valence-electron chi connectivity index (χ0n) is 8.01. The number of amides is 1. The van der Waals surface area contributed by atoms with Gasteiger partial charge in [0.25, 0.3) is 0 Å². The van der Waals surface area contributed by atoms with E-state index in [4.69, 9.17) is 11.6 Å². The molecule has 1 amide bonds. The summed E-state index contributed by atoms with van der Waals surface area (Å²) in [5, 5.41) is 3.12. The molecular weight excluding hydrogens is 281 g/mol. The zero-order chi connectivity index (χ0) is 11.4. The Kier molecular flexibility index (Phi) is 4.29. The van der Waals surface area contributed by atoms with Crippen LogP contribution in [0.1, 0.15) is 13.3 Å². The molecule has 0 saturated heterocycles. The monoisotopic (exact) mass is 289 g/mol. The molecule has 0 bridgehead atoms. The lowest BCUT2D eigenvalue weighted by molar-refractivity contribution is -0.124. The van der Waals surface area contributed by atoms with E-state index in [0.29, 0.717) is 10.7 Å². The summed E-state index contributed by atoms with van der Waals surface area (Å²) < 4.78 is 0.726.